The highest BCUT2D eigenvalue weighted by Crippen LogP contribution is 2.45. The van der Waals surface area contributed by atoms with E-state index in [9.17, 15) is 18.3 Å². The number of ether oxygens (including phenoxy) is 1. The Balaban J connectivity index is 1.25. The molecule has 1 spiro atoms. The number of aromatic nitrogens is 1. The van der Waals surface area contributed by atoms with E-state index in [0.717, 1.165) is 37.1 Å². The van der Waals surface area contributed by atoms with Gasteiger partial charge in [-0.3, -0.25) is 4.90 Å². The van der Waals surface area contributed by atoms with E-state index in [-0.39, 0.29) is 5.41 Å². The summed E-state index contributed by atoms with van der Waals surface area (Å²) in [6.45, 7) is 7.34. The first-order valence-corrected chi connectivity index (χ1v) is 9.94. The Morgan fingerprint density at radius 2 is 1.85 bits per heavy atom. The van der Waals surface area contributed by atoms with Crippen LogP contribution in [0, 0.1) is 12.3 Å². The second kappa shape index (κ2) is 6.88. The molecule has 5 nitrogen and oxygen atoms in total. The number of rotatable bonds is 4. The monoisotopic (exact) mass is 403 g/mol. The van der Waals surface area contributed by atoms with Crippen molar-refractivity contribution < 1.29 is 23.0 Å². The van der Waals surface area contributed by atoms with Crippen molar-refractivity contribution in [2.24, 2.45) is 5.41 Å². The Labute approximate surface area is 161 Å². The summed E-state index contributed by atoms with van der Waals surface area (Å²) in [5.41, 5.74) is -0.791. The summed E-state index contributed by atoms with van der Waals surface area (Å²) in [4.78, 5) is 6.77. The van der Waals surface area contributed by atoms with Gasteiger partial charge in [-0.1, -0.05) is 0 Å². The van der Waals surface area contributed by atoms with Gasteiger partial charge < -0.3 is 9.84 Å². The lowest BCUT2D eigenvalue weighted by Crippen LogP contribution is -2.72. The molecule has 3 fully saturated rings. The molecule has 1 aromatic rings. The molecule has 0 unspecified atom stereocenters. The predicted molar refractivity (Wildman–Crippen MR) is 95.3 cm³/mol. The molecule has 4 rings (SSSR count). The number of pyridine rings is 1. The van der Waals surface area contributed by atoms with E-state index in [1.807, 2.05) is 0 Å². The van der Waals surface area contributed by atoms with E-state index in [0.29, 0.717) is 38.3 Å². The summed E-state index contributed by atoms with van der Waals surface area (Å²) in [5.74, 6) is 0. The average molecular weight is 403 g/mol. The molecule has 1 aromatic heterocycles. The van der Waals surface area contributed by atoms with Gasteiger partial charge >= 0.3 is 6.18 Å². The van der Waals surface area contributed by atoms with Crippen LogP contribution in [0.3, 0.4) is 0 Å². The molecule has 27 heavy (non-hydrogen) atoms. The highest BCUT2D eigenvalue weighted by Gasteiger charge is 2.53. The molecule has 3 aliphatic heterocycles. The lowest BCUT2D eigenvalue weighted by atomic mass is 9.73. The lowest BCUT2D eigenvalue weighted by molar-refractivity contribution is -0.141. The highest BCUT2D eigenvalue weighted by molar-refractivity contribution is 7.97. The van der Waals surface area contributed by atoms with E-state index < -0.39 is 17.5 Å². The van der Waals surface area contributed by atoms with Crippen LogP contribution < -0.4 is 0 Å². The molecule has 0 amide bonds. The second-order valence-corrected chi connectivity index (χ2v) is 9.29. The van der Waals surface area contributed by atoms with Gasteiger partial charge in [0.25, 0.3) is 0 Å². The summed E-state index contributed by atoms with van der Waals surface area (Å²) in [7, 11) is 0. The predicted octanol–water partition coefficient (Wildman–Crippen LogP) is 2.58. The third-order valence-electron chi connectivity index (χ3n) is 5.64. The van der Waals surface area contributed by atoms with E-state index in [1.165, 1.54) is 18.0 Å². The summed E-state index contributed by atoms with van der Waals surface area (Å²) >= 11 is 1.48. The Bertz CT molecular complexity index is 696. The van der Waals surface area contributed by atoms with Crippen LogP contribution >= 0.6 is 11.9 Å². The van der Waals surface area contributed by atoms with Crippen LogP contribution in [0.4, 0.5) is 13.2 Å². The Morgan fingerprint density at radius 1 is 1.19 bits per heavy atom. The highest BCUT2D eigenvalue weighted by atomic mass is 32.2. The van der Waals surface area contributed by atoms with Crippen LogP contribution in [-0.2, 0) is 10.9 Å². The molecule has 1 N–H and O–H groups in total. The third-order valence-corrected chi connectivity index (χ3v) is 6.78. The molecule has 3 aliphatic rings. The van der Waals surface area contributed by atoms with Gasteiger partial charge in [0.1, 0.15) is 5.69 Å². The Morgan fingerprint density at radius 3 is 2.44 bits per heavy atom. The number of nitrogens with zero attached hydrogens (tertiary/aromatic N) is 3. The van der Waals surface area contributed by atoms with Crippen molar-refractivity contribution in [3.05, 3.63) is 23.5 Å². The van der Waals surface area contributed by atoms with Crippen LogP contribution in [0.5, 0.6) is 0 Å². The first kappa shape index (κ1) is 19.4. The van der Waals surface area contributed by atoms with Crippen LogP contribution in [-0.4, -0.2) is 70.8 Å². The maximum absolute atomic E-state index is 12.7. The van der Waals surface area contributed by atoms with Gasteiger partial charge in [-0.25, -0.2) is 9.29 Å². The smallest absolute Gasteiger partial charge is 0.388 e. The first-order valence-electron chi connectivity index (χ1n) is 9.17. The van der Waals surface area contributed by atoms with Crippen LogP contribution in [0.2, 0.25) is 0 Å². The molecule has 9 heteroatoms. The number of hydrogen-bond donors (Lipinski definition) is 1. The number of hydrogen-bond acceptors (Lipinski definition) is 6. The zero-order valence-corrected chi connectivity index (χ0v) is 16.1. The standard InChI is InChI=1S/C18H24F3N3O2S/c1-13-14(2-3-15(22-13)18(19,20)21)27-24-10-16(11-24)8-23(9-16)12-17(25)4-6-26-7-5-17/h2-3,25H,4-12H2,1H3. The van der Waals surface area contributed by atoms with Gasteiger partial charge in [0, 0.05) is 69.1 Å². The number of β-amino-alcohol motifs (C(OH)–C–C–N with tert-alkyl or cyclic N) is 1. The van der Waals surface area contributed by atoms with E-state index in [4.69, 9.17) is 4.74 Å². The minimum Gasteiger partial charge on any atom is -0.388 e. The maximum Gasteiger partial charge on any atom is 0.433 e. The summed E-state index contributed by atoms with van der Waals surface area (Å²) in [6.07, 6.45) is -3.02. The molecule has 3 saturated heterocycles. The van der Waals surface area contributed by atoms with Crippen LogP contribution in [0.1, 0.15) is 24.2 Å². The van der Waals surface area contributed by atoms with E-state index in [2.05, 4.69) is 14.2 Å². The van der Waals surface area contributed by atoms with Crippen molar-refractivity contribution >= 4 is 11.9 Å². The van der Waals surface area contributed by atoms with Gasteiger partial charge in [-0.15, -0.1) is 0 Å². The van der Waals surface area contributed by atoms with E-state index in [1.54, 1.807) is 6.92 Å². The summed E-state index contributed by atoms with van der Waals surface area (Å²) in [5, 5.41) is 10.6. The SMILES string of the molecule is Cc1nc(C(F)(F)F)ccc1SN1CC2(CN(CC3(O)CCOCC3)C2)C1. The van der Waals surface area contributed by atoms with E-state index >= 15 is 0 Å². The third kappa shape index (κ3) is 4.12. The van der Waals surface area contributed by atoms with Crippen LogP contribution in [0.25, 0.3) is 0 Å². The maximum atomic E-state index is 12.7. The fraction of sp³-hybridized carbons (Fsp3) is 0.722. The zero-order chi connectivity index (χ0) is 19.3. The topological polar surface area (TPSA) is 48.8 Å². The quantitative estimate of drug-likeness (QED) is 0.780. The molecule has 0 aliphatic carbocycles. The van der Waals surface area contributed by atoms with Crippen molar-refractivity contribution in [3.63, 3.8) is 0 Å². The van der Waals surface area contributed by atoms with Crippen molar-refractivity contribution in [2.75, 3.05) is 45.9 Å². The molecular formula is C18H24F3N3O2S. The van der Waals surface area contributed by atoms with Crippen molar-refractivity contribution in [1.29, 1.82) is 0 Å². The van der Waals surface area contributed by atoms with Gasteiger partial charge in [-0.05, 0) is 31.0 Å². The minimum absolute atomic E-state index is 0.266. The molecule has 0 atom stereocenters. The molecule has 0 aromatic carbocycles. The molecule has 0 radical (unpaired) electrons. The zero-order valence-electron chi connectivity index (χ0n) is 15.3. The van der Waals surface area contributed by atoms with Gasteiger partial charge in [0.15, 0.2) is 0 Å². The molecule has 4 heterocycles. The Kier molecular flexibility index (Phi) is 4.95. The largest absolute Gasteiger partial charge is 0.433 e. The average Bonchev–Trinajstić information content (AvgIpc) is 2.52. The number of halogens is 3. The Hall–Kier alpha value is -0.870. The first-order chi connectivity index (χ1) is 12.7. The number of alkyl halides is 3. The van der Waals surface area contributed by atoms with Crippen molar-refractivity contribution in [3.8, 4) is 0 Å². The summed E-state index contributed by atoms with van der Waals surface area (Å²) in [6, 6.07) is 2.55. The fourth-order valence-corrected chi connectivity index (χ4v) is 5.51. The summed E-state index contributed by atoms with van der Waals surface area (Å²) < 4.78 is 45.7. The van der Waals surface area contributed by atoms with Crippen molar-refractivity contribution in [1.82, 2.24) is 14.2 Å². The van der Waals surface area contributed by atoms with Crippen molar-refractivity contribution in [2.45, 2.75) is 36.4 Å². The molecule has 0 bridgehead atoms. The molecule has 150 valence electrons. The van der Waals surface area contributed by atoms with Crippen LogP contribution in [0.15, 0.2) is 17.0 Å². The normalized spacial score (nSPS) is 25.2. The number of likely N-dealkylation sites (tertiary alicyclic amines) is 1. The van der Waals surface area contributed by atoms with Gasteiger partial charge in [0.05, 0.1) is 11.3 Å². The second-order valence-electron chi connectivity index (χ2n) is 8.15. The molecular weight excluding hydrogens is 379 g/mol. The van der Waals surface area contributed by atoms with Gasteiger partial charge in [-0.2, -0.15) is 13.2 Å². The fourth-order valence-electron chi connectivity index (χ4n) is 4.25. The lowest BCUT2D eigenvalue weighted by Gasteiger charge is -2.61. The van der Waals surface area contributed by atoms with Gasteiger partial charge in [0.2, 0.25) is 0 Å². The number of aliphatic hydroxyl groups is 1. The molecule has 0 saturated carbocycles. The number of aryl methyl sites for hydroxylation is 1. The minimum atomic E-state index is -4.40.